The van der Waals surface area contributed by atoms with Gasteiger partial charge in [-0.05, 0) is 84.2 Å². The molecule has 0 atom stereocenters. The second-order valence-corrected chi connectivity index (χ2v) is 7.69. The van der Waals surface area contributed by atoms with E-state index in [0.717, 1.165) is 0 Å². The van der Waals surface area contributed by atoms with Crippen LogP contribution in [0.15, 0.2) is 30.6 Å². The Morgan fingerprint density at radius 1 is 0.533 bits per heavy atom. The number of hydrogen-bond acceptors (Lipinski definition) is 1. The van der Waals surface area contributed by atoms with Crippen molar-refractivity contribution in [3.8, 4) is 0 Å². The predicted molar refractivity (Wildman–Crippen MR) is 128 cm³/mol. The standard InChI is InChI=1S/2C11H17.C5H5N.Te.Zr/c2*1-6-11-9(4)7(2)8(3)10(11)5;1-2-4-6-5-3-1;;/h2*6H2,1-5H3;1-5H;;. The van der Waals surface area contributed by atoms with E-state index in [9.17, 15) is 0 Å². The van der Waals surface area contributed by atoms with Gasteiger partial charge < -0.3 is 0 Å². The van der Waals surface area contributed by atoms with E-state index in [0.29, 0.717) is 0 Å². The topological polar surface area (TPSA) is 12.9 Å². The molecule has 0 saturated heterocycles. The molecule has 0 aliphatic heterocycles. The minimum absolute atomic E-state index is 1.17. The Hall–Kier alpha value is 0.823. The fourth-order valence-corrected chi connectivity index (χ4v) is 3.97. The SMILES string of the molecule is CC[C]1[C](C)[C](C)[C](C)[C]1C.CC[C]1[C](C)[C](C)[C](C)[C]1C.[Zr]=[Te].c1ccncc1. The summed E-state index contributed by atoms with van der Waals surface area (Å²) >= 11 is 3.60. The summed E-state index contributed by atoms with van der Waals surface area (Å²) in [4.78, 5) is 3.78. The molecule has 162 valence electrons. The van der Waals surface area contributed by atoms with Gasteiger partial charge in [-0.15, -0.1) is 0 Å². The quantitative estimate of drug-likeness (QED) is 0.324. The zero-order valence-electron chi connectivity index (χ0n) is 20.7. The molecule has 3 heteroatoms. The molecule has 1 heterocycles. The molecule has 2 saturated carbocycles. The van der Waals surface area contributed by atoms with Crippen molar-refractivity contribution in [1.29, 1.82) is 0 Å². The number of pyridine rings is 1. The van der Waals surface area contributed by atoms with Crippen LogP contribution < -0.4 is 0 Å². The van der Waals surface area contributed by atoms with Gasteiger partial charge in [0.25, 0.3) is 0 Å². The molecule has 10 radical (unpaired) electrons. The van der Waals surface area contributed by atoms with E-state index >= 15 is 0 Å². The van der Waals surface area contributed by atoms with E-state index in [2.05, 4.69) is 74.2 Å². The Bertz CT molecular complexity index is 452. The minimum Gasteiger partial charge on any atom is -0.265 e. The molecule has 1 aromatic rings. The summed E-state index contributed by atoms with van der Waals surface area (Å²) in [7, 11) is 0. The summed E-state index contributed by atoms with van der Waals surface area (Å²) in [6.07, 6.45) is 5.85. The van der Waals surface area contributed by atoms with Crippen molar-refractivity contribution < 1.29 is 20.0 Å². The Morgan fingerprint density at radius 2 is 0.800 bits per heavy atom. The van der Waals surface area contributed by atoms with Gasteiger partial charge in [0.05, 0.1) is 0 Å². The molecule has 30 heavy (non-hydrogen) atoms. The molecule has 0 unspecified atom stereocenters. The third kappa shape index (κ3) is 8.64. The van der Waals surface area contributed by atoms with E-state index in [4.69, 9.17) is 0 Å². The number of aromatic nitrogens is 1. The maximum atomic E-state index is 3.78. The molecule has 2 fully saturated rings. The van der Waals surface area contributed by atoms with Gasteiger partial charge in [0.1, 0.15) is 0 Å². The fourth-order valence-electron chi connectivity index (χ4n) is 3.97. The van der Waals surface area contributed by atoms with Gasteiger partial charge >= 0.3 is 37.1 Å². The Balaban J connectivity index is 0.000000419. The van der Waals surface area contributed by atoms with Crippen LogP contribution >= 0.6 is 0 Å². The maximum Gasteiger partial charge on any atom is 0.0267 e. The van der Waals surface area contributed by atoms with Gasteiger partial charge in [-0.1, -0.05) is 75.3 Å². The second kappa shape index (κ2) is 16.4. The first-order valence-corrected chi connectivity index (χ1v) is 18.6. The number of nitrogens with zero attached hydrogens (tertiary/aromatic N) is 1. The molecule has 3 rings (SSSR count). The van der Waals surface area contributed by atoms with E-state index in [-0.39, 0.29) is 0 Å². The first-order chi connectivity index (χ1) is 14.2. The van der Waals surface area contributed by atoms with E-state index in [1.54, 1.807) is 44.2 Å². The first-order valence-electron chi connectivity index (χ1n) is 10.7. The van der Waals surface area contributed by atoms with Crippen LogP contribution in [0.5, 0.6) is 0 Å². The normalized spacial score (nSPS) is 21.5. The zero-order chi connectivity index (χ0) is 23.4. The van der Waals surface area contributed by atoms with Gasteiger partial charge in [-0.25, -0.2) is 0 Å². The minimum atomic E-state index is 1.17. The van der Waals surface area contributed by atoms with Gasteiger partial charge in [-0.2, -0.15) is 0 Å². The third-order valence-corrected chi connectivity index (χ3v) is 6.46. The fraction of sp³-hybridized carbons (Fsp3) is 0.444. The van der Waals surface area contributed by atoms with Crippen molar-refractivity contribution in [3.05, 3.63) is 89.8 Å². The van der Waals surface area contributed by atoms with Crippen LogP contribution in [-0.4, -0.2) is 22.1 Å². The summed E-state index contributed by atoms with van der Waals surface area (Å²) in [5.41, 5.74) is 0. The second-order valence-electron chi connectivity index (χ2n) is 7.69. The molecule has 2 aliphatic rings. The number of hydrogen-bond donors (Lipinski definition) is 0. The van der Waals surface area contributed by atoms with Crippen LogP contribution in [0, 0.1) is 59.2 Å². The van der Waals surface area contributed by atoms with Crippen molar-refractivity contribution >= 4 is 17.1 Å². The molecule has 2 aliphatic carbocycles. The largest absolute Gasteiger partial charge is 0.265 e. The summed E-state index contributed by atoms with van der Waals surface area (Å²) in [6.45, 7) is 22.3. The molecular formula is C27H39NTeZr. The third-order valence-electron chi connectivity index (χ3n) is 6.46. The van der Waals surface area contributed by atoms with Crippen molar-refractivity contribution in [1.82, 2.24) is 4.98 Å². The molecule has 0 aromatic carbocycles. The zero-order valence-corrected chi connectivity index (χ0v) is 25.4. The van der Waals surface area contributed by atoms with Crippen LogP contribution in [0.25, 0.3) is 0 Å². The Kier molecular flexibility index (Phi) is 16.9. The van der Waals surface area contributed by atoms with Crippen molar-refractivity contribution in [2.24, 2.45) is 0 Å². The number of rotatable bonds is 2. The average molecular weight is 596 g/mol. The Labute approximate surface area is 212 Å². The molecule has 0 bridgehead atoms. The van der Waals surface area contributed by atoms with Gasteiger partial charge in [0, 0.05) is 12.4 Å². The molecule has 0 amide bonds. The van der Waals surface area contributed by atoms with E-state index in [1.807, 2.05) is 35.3 Å². The van der Waals surface area contributed by atoms with Crippen molar-refractivity contribution in [2.45, 2.75) is 82.1 Å². The van der Waals surface area contributed by atoms with Crippen LogP contribution in [0.1, 0.15) is 82.1 Å². The Morgan fingerprint density at radius 3 is 0.900 bits per heavy atom. The monoisotopic (exact) mass is 597 g/mol. The molecule has 0 spiro atoms. The van der Waals surface area contributed by atoms with Crippen LogP contribution in [0.3, 0.4) is 0 Å². The van der Waals surface area contributed by atoms with Crippen molar-refractivity contribution in [3.63, 3.8) is 0 Å². The van der Waals surface area contributed by atoms with Crippen molar-refractivity contribution in [2.75, 3.05) is 0 Å². The molecule has 1 nitrogen and oxygen atoms in total. The maximum absolute atomic E-state index is 3.78. The summed E-state index contributed by atoms with van der Waals surface area (Å²) in [5, 5.41) is 0. The van der Waals surface area contributed by atoms with Gasteiger partial charge in [0.15, 0.2) is 0 Å². The molecular weight excluding hydrogens is 557 g/mol. The first kappa shape index (κ1) is 30.8. The smallest absolute Gasteiger partial charge is 0.0267 e. The van der Waals surface area contributed by atoms with Crippen LogP contribution in [-0.2, 0) is 20.0 Å². The van der Waals surface area contributed by atoms with Crippen LogP contribution in [0.2, 0.25) is 0 Å². The molecule has 1 aromatic heterocycles. The van der Waals surface area contributed by atoms with E-state index in [1.165, 1.54) is 60.2 Å². The van der Waals surface area contributed by atoms with Gasteiger partial charge in [-0.3, -0.25) is 4.98 Å². The predicted octanol–water partition coefficient (Wildman–Crippen LogP) is 7.42. The average Bonchev–Trinajstić information content (AvgIpc) is 3.09. The summed E-state index contributed by atoms with van der Waals surface area (Å²) in [6, 6.07) is 5.72. The van der Waals surface area contributed by atoms with E-state index < -0.39 is 0 Å². The molecule has 0 N–H and O–H groups in total. The summed E-state index contributed by atoms with van der Waals surface area (Å²) < 4.78 is 0. The summed E-state index contributed by atoms with van der Waals surface area (Å²) in [5.74, 6) is 15.1. The van der Waals surface area contributed by atoms with Crippen LogP contribution in [0.4, 0.5) is 0 Å². The van der Waals surface area contributed by atoms with Gasteiger partial charge in [0.2, 0.25) is 0 Å².